The Morgan fingerprint density at radius 1 is 1.44 bits per heavy atom. The Kier molecular flexibility index (Phi) is 4.96. The van der Waals surface area contributed by atoms with Gasteiger partial charge in [-0.3, -0.25) is 9.78 Å². The van der Waals surface area contributed by atoms with E-state index >= 15 is 0 Å². The molecule has 1 aliphatic rings. The van der Waals surface area contributed by atoms with Crippen molar-refractivity contribution < 1.29 is 9.53 Å². The molecule has 5 heteroatoms. The fourth-order valence-electron chi connectivity index (χ4n) is 2.09. The van der Waals surface area contributed by atoms with Crippen LogP contribution >= 0.6 is 11.6 Å². The van der Waals surface area contributed by atoms with E-state index in [9.17, 15) is 4.79 Å². The second-order valence-electron chi connectivity index (χ2n) is 4.27. The lowest BCUT2D eigenvalue weighted by atomic mass is 10.1. The second-order valence-corrected chi connectivity index (χ2v) is 4.64. The summed E-state index contributed by atoms with van der Waals surface area (Å²) in [6.45, 7) is 2.03. The Morgan fingerprint density at radius 3 is 2.83 bits per heavy atom. The average molecular weight is 269 g/mol. The van der Waals surface area contributed by atoms with Crippen LogP contribution in [0.15, 0.2) is 24.4 Å². The van der Waals surface area contributed by atoms with Gasteiger partial charge in [-0.05, 0) is 25.0 Å². The van der Waals surface area contributed by atoms with E-state index in [1.54, 1.807) is 12.3 Å². The number of nitrogens with zero attached hydrogens (tertiary/aromatic N) is 2. The first-order valence-electron chi connectivity index (χ1n) is 6.19. The molecule has 0 spiro atoms. The van der Waals surface area contributed by atoms with Gasteiger partial charge < -0.3 is 9.64 Å². The molecule has 1 fully saturated rings. The van der Waals surface area contributed by atoms with Crippen LogP contribution in [0.2, 0.25) is 0 Å². The lowest BCUT2D eigenvalue weighted by Gasteiger charge is -2.31. The molecule has 18 heavy (non-hydrogen) atoms. The molecule has 0 radical (unpaired) electrons. The standard InChI is InChI=1S/C13H17ClN2O2/c14-6-10-18-11-4-8-16(9-5-11)13(17)12-3-1-2-7-15-12/h1-3,7,11H,4-6,8-10H2. The maximum absolute atomic E-state index is 12.1. The van der Waals surface area contributed by atoms with Gasteiger partial charge in [0.15, 0.2) is 0 Å². The number of carbonyl (C=O) groups excluding carboxylic acids is 1. The van der Waals surface area contributed by atoms with Crippen molar-refractivity contribution in [3.63, 3.8) is 0 Å². The smallest absolute Gasteiger partial charge is 0.272 e. The number of ether oxygens (including phenoxy) is 1. The first-order valence-corrected chi connectivity index (χ1v) is 6.72. The van der Waals surface area contributed by atoms with E-state index in [1.807, 2.05) is 17.0 Å². The quantitative estimate of drug-likeness (QED) is 0.784. The zero-order valence-electron chi connectivity index (χ0n) is 10.2. The predicted molar refractivity (Wildman–Crippen MR) is 69.8 cm³/mol. The van der Waals surface area contributed by atoms with Gasteiger partial charge in [0.1, 0.15) is 5.69 Å². The molecule has 1 aromatic heterocycles. The van der Waals surface area contributed by atoms with Crippen molar-refractivity contribution in [1.82, 2.24) is 9.88 Å². The minimum absolute atomic E-state index is 0.00592. The summed E-state index contributed by atoms with van der Waals surface area (Å²) in [6.07, 6.45) is 3.62. The molecule has 0 atom stereocenters. The fraction of sp³-hybridized carbons (Fsp3) is 0.538. The third-order valence-corrected chi connectivity index (χ3v) is 3.20. The maximum atomic E-state index is 12.1. The van der Waals surface area contributed by atoms with Crippen LogP contribution in [0.4, 0.5) is 0 Å². The molecule has 1 aromatic rings. The van der Waals surface area contributed by atoms with Gasteiger partial charge in [-0.15, -0.1) is 11.6 Å². The third-order valence-electron chi connectivity index (χ3n) is 3.04. The molecular weight excluding hydrogens is 252 g/mol. The predicted octanol–water partition coefficient (Wildman–Crippen LogP) is 1.94. The minimum Gasteiger partial charge on any atom is -0.377 e. The number of rotatable bonds is 4. The van der Waals surface area contributed by atoms with Crippen molar-refractivity contribution in [2.45, 2.75) is 18.9 Å². The van der Waals surface area contributed by atoms with Crippen LogP contribution in [0.25, 0.3) is 0 Å². The number of piperidine rings is 1. The Hall–Kier alpha value is -1.13. The normalized spacial score (nSPS) is 16.8. The summed E-state index contributed by atoms with van der Waals surface area (Å²) in [6, 6.07) is 5.39. The first-order chi connectivity index (χ1) is 8.81. The van der Waals surface area contributed by atoms with Crippen molar-refractivity contribution in [1.29, 1.82) is 0 Å². The highest BCUT2D eigenvalue weighted by Gasteiger charge is 2.24. The monoisotopic (exact) mass is 268 g/mol. The van der Waals surface area contributed by atoms with Gasteiger partial charge in [-0.25, -0.2) is 0 Å². The molecule has 2 heterocycles. The molecule has 0 aromatic carbocycles. The molecule has 0 saturated carbocycles. The molecule has 2 rings (SSSR count). The number of hydrogen-bond donors (Lipinski definition) is 0. The second kappa shape index (κ2) is 6.71. The summed E-state index contributed by atoms with van der Waals surface area (Å²) in [4.78, 5) is 18.0. The van der Waals surface area contributed by atoms with Crippen LogP contribution in [0, 0.1) is 0 Å². The minimum atomic E-state index is 0.00592. The Balaban J connectivity index is 1.84. The van der Waals surface area contributed by atoms with Gasteiger partial charge in [0.25, 0.3) is 5.91 Å². The third kappa shape index (κ3) is 3.43. The van der Waals surface area contributed by atoms with E-state index < -0.39 is 0 Å². The molecule has 98 valence electrons. The van der Waals surface area contributed by atoms with E-state index in [1.165, 1.54) is 0 Å². The molecular formula is C13H17ClN2O2. The Morgan fingerprint density at radius 2 is 2.22 bits per heavy atom. The number of carbonyl (C=O) groups is 1. The summed E-state index contributed by atoms with van der Waals surface area (Å²) >= 11 is 5.58. The summed E-state index contributed by atoms with van der Waals surface area (Å²) in [5.41, 5.74) is 0.512. The lowest BCUT2D eigenvalue weighted by molar-refractivity contribution is 0.0152. The Labute approximate surface area is 112 Å². The molecule has 1 aliphatic heterocycles. The topological polar surface area (TPSA) is 42.4 Å². The van der Waals surface area contributed by atoms with E-state index in [2.05, 4.69) is 4.98 Å². The van der Waals surface area contributed by atoms with Crippen LogP contribution in [-0.4, -0.2) is 47.5 Å². The Bertz CT molecular complexity index is 378. The SMILES string of the molecule is O=C(c1ccccn1)N1CCC(OCCCl)CC1. The van der Waals surface area contributed by atoms with E-state index in [-0.39, 0.29) is 12.0 Å². The van der Waals surface area contributed by atoms with Crippen LogP contribution in [0.1, 0.15) is 23.3 Å². The van der Waals surface area contributed by atoms with Gasteiger partial charge in [-0.1, -0.05) is 6.07 Å². The van der Waals surface area contributed by atoms with Crippen molar-refractivity contribution in [3.8, 4) is 0 Å². The molecule has 0 unspecified atom stereocenters. The maximum Gasteiger partial charge on any atom is 0.272 e. The van der Waals surface area contributed by atoms with Crippen LogP contribution in [0.3, 0.4) is 0 Å². The number of likely N-dealkylation sites (tertiary alicyclic amines) is 1. The first kappa shape index (κ1) is 13.3. The van der Waals surface area contributed by atoms with Crippen LogP contribution in [0.5, 0.6) is 0 Å². The van der Waals surface area contributed by atoms with Crippen molar-refractivity contribution in [2.75, 3.05) is 25.6 Å². The number of pyridine rings is 1. The largest absolute Gasteiger partial charge is 0.377 e. The van der Waals surface area contributed by atoms with E-state index in [0.29, 0.717) is 18.2 Å². The van der Waals surface area contributed by atoms with Gasteiger partial charge in [-0.2, -0.15) is 0 Å². The highest BCUT2D eigenvalue weighted by molar-refractivity contribution is 6.17. The van der Waals surface area contributed by atoms with E-state index in [4.69, 9.17) is 16.3 Å². The van der Waals surface area contributed by atoms with Crippen molar-refractivity contribution in [3.05, 3.63) is 30.1 Å². The summed E-state index contributed by atoms with van der Waals surface area (Å²) in [5.74, 6) is 0.527. The fourth-order valence-corrected chi connectivity index (χ4v) is 2.18. The highest BCUT2D eigenvalue weighted by atomic mass is 35.5. The van der Waals surface area contributed by atoms with Gasteiger partial charge in [0, 0.05) is 25.2 Å². The average Bonchev–Trinajstić information content (AvgIpc) is 2.46. The molecule has 1 saturated heterocycles. The number of alkyl halides is 1. The van der Waals surface area contributed by atoms with Gasteiger partial charge in [0.2, 0.25) is 0 Å². The zero-order valence-corrected chi connectivity index (χ0v) is 11.0. The lowest BCUT2D eigenvalue weighted by Crippen LogP contribution is -2.41. The number of amides is 1. The number of aromatic nitrogens is 1. The summed E-state index contributed by atoms with van der Waals surface area (Å²) in [7, 11) is 0. The highest BCUT2D eigenvalue weighted by Crippen LogP contribution is 2.15. The van der Waals surface area contributed by atoms with Crippen LogP contribution < -0.4 is 0 Å². The molecule has 0 bridgehead atoms. The van der Waals surface area contributed by atoms with Gasteiger partial charge in [0.05, 0.1) is 12.7 Å². The zero-order chi connectivity index (χ0) is 12.8. The molecule has 0 N–H and O–H groups in total. The summed E-state index contributed by atoms with van der Waals surface area (Å²) in [5, 5.41) is 0. The van der Waals surface area contributed by atoms with E-state index in [0.717, 1.165) is 25.9 Å². The molecule has 1 amide bonds. The number of hydrogen-bond acceptors (Lipinski definition) is 3. The van der Waals surface area contributed by atoms with Gasteiger partial charge >= 0.3 is 0 Å². The number of halogens is 1. The van der Waals surface area contributed by atoms with Crippen LogP contribution in [-0.2, 0) is 4.74 Å². The van der Waals surface area contributed by atoms with Crippen molar-refractivity contribution in [2.24, 2.45) is 0 Å². The summed E-state index contributed by atoms with van der Waals surface area (Å²) < 4.78 is 5.58. The molecule has 4 nitrogen and oxygen atoms in total. The molecule has 0 aliphatic carbocycles. The van der Waals surface area contributed by atoms with Crippen molar-refractivity contribution >= 4 is 17.5 Å².